The van der Waals surface area contributed by atoms with Crippen molar-refractivity contribution >= 4 is 46.5 Å². The maximum absolute atomic E-state index is 11.9. The highest BCUT2D eigenvalue weighted by Gasteiger charge is 2.24. The summed E-state index contributed by atoms with van der Waals surface area (Å²) in [4.78, 5) is 35.0. The molecule has 1 aliphatic heterocycles. The molecule has 0 aromatic heterocycles. The molecule has 1 fully saturated rings. The number of imide groups is 1. The molecule has 2 aromatic carbocycles. The van der Waals surface area contributed by atoms with Crippen molar-refractivity contribution in [3.8, 4) is 5.75 Å². The first-order valence-corrected chi connectivity index (χ1v) is 9.18. The second-order valence-corrected chi connectivity index (χ2v) is 7.07. The van der Waals surface area contributed by atoms with Crippen molar-refractivity contribution in [1.82, 2.24) is 10.6 Å². The average Bonchev–Trinajstić information content (AvgIpc) is 2.97. The molecule has 0 radical (unpaired) electrons. The summed E-state index contributed by atoms with van der Waals surface area (Å²) in [6, 6.07) is 14.1. The zero-order valence-corrected chi connectivity index (χ0v) is 15.6. The highest BCUT2D eigenvalue weighted by Crippen LogP contribution is 2.26. The van der Waals surface area contributed by atoms with Crippen molar-refractivity contribution in [3.63, 3.8) is 0 Å². The Labute approximate surface area is 164 Å². The van der Waals surface area contributed by atoms with Crippen molar-refractivity contribution < 1.29 is 19.1 Å². The van der Waals surface area contributed by atoms with Crippen molar-refractivity contribution in [2.24, 2.45) is 0 Å². The topological polar surface area (TPSA) is 84.5 Å². The molecule has 2 N–H and O–H groups in total. The van der Waals surface area contributed by atoms with Crippen LogP contribution in [0, 0.1) is 0 Å². The first-order valence-electron chi connectivity index (χ1n) is 7.98. The molecule has 0 atom stereocenters. The van der Waals surface area contributed by atoms with E-state index in [1.165, 1.54) is 0 Å². The molecule has 8 heteroatoms. The van der Waals surface area contributed by atoms with Crippen LogP contribution in [0.4, 0.5) is 4.79 Å². The van der Waals surface area contributed by atoms with Crippen LogP contribution in [0.15, 0.2) is 53.4 Å². The molecule has 0 bridgehead atoms. The standard InChI is InChI=1S/C19H15ClN2O4S/c20-14-6-4-12(5-7-14)10-21-17(23)11-26-15-3-1-2-13(8-15)9-16-18(24)22-19(25)27-16/h1-9H,10-11H2,(H,21,23)(H,22,24,25)/b16-9+. The Morgan fingerprint density at radius 1 is 1.19 bits per heavy atom. The van der Waals surface area contributed by atoms with Gasteiger partial charge in [-0.05, 0) is 53.2 Å². The lowest BCUT2D eigenvalue weighted by molar-refractivity contribution is -0.123. The van der Waals surface area contributed by atoms with Crippen molar-refractivity contribution in [2.45, 2.75) is 6.54 Å². The highest BCUT2D eigenvalue weighted by molar-refractivity contribution is 8.18. The van der Waals surface area contributed by atoms with Crippen LogP contribution in [0.25, 0.3) is 6.08 Å². The molecule has 1 heterocycles. The normalized spacial score (nSPS) is 14.9. The number of amides is 3. The number of ether oxygens (including phenoxy) is 1. The van der Waals surface area contributed by atoms with E-state index in [0.29, 0.717) is 27.8 Å². The summed E-state index contributed by atoms with van der Waals surface area (Å²) in [7, 11) is 0. The largest absolute Gasteiger partial charge is 0.484 e. The molecule has 0 unspecified atom stereocenters. The number of thioether (sulfide) groups is 1. The van der Waals surface area contributed by atoms with E-state index in [4.69, 9.17) is 16.3 Å². The maximum atomic E-state index is 11.9. The van der Waals surface area contributed by atoms with Gasteiger partial charge in [-0.2, -0.15) is 0 Å². The van der Waals surface area contributed by atoms with Crippen LogP contribution in [0.2, 0.25) is 5.02 Å². The Morgan fingerprint density at radius 3 is 2.67 bits per heavy atom. The number of nitrogens with one attached hydrogen (secondary N) is 2. The van der Waals surface area contributed by atoms with E-state index in [0.717, 1.165) is 17.3 Å². The number of carbonyl (C=O) groups is 3. The minimum absolute atomic E-state index is 0.138. The van der Waals surface area contributed by atoms with Gasteiger partial charge >= 0.3 is 0 Å². The molecule has 6 nitrogen and oxygen atoms in total. The predicted molar refractivity (Wildman–Crippen MR) is 104 cm³/mol. The Balaban J connectivity index is 1.53. The van der Waals surface area contributed by atoms with E-state index >= 15 is 0 Å². The van der Waals surface area contributed by atoms with Gasteiger partial charge in [0.15, 0.2) is 6.61 Å². The number of hydrogen-bond acceptors (Lipinski definition) is 5. The predicted octanol–water partition coefficient (Wildman–Crippen LogP) is 3.36. The van der Waals surface area contributed by atoms with E-state index in [2.05, 4.69) is 10.6 Å². The summed E-state index contributed by atoms with van der Waals surface area (Å²) in [5, 5.41) is 5.21. The molecular weight excluding hydrogens is 388 g/mol. The van der Waals surface area contributed by atoms with Crippen molar-refractivity contribution in [2.75, 3.05) is 6.61 Å². The number of halogens is 1. The lowest BCUT2D eigenvalue weighted by Crippen LogP contribution is -2.28. The van der Waals surface area contributed by atoms with E-state index in [1.807, 2.05) is 12.1 Å². The lowest BCUT2D eigenvalue weighted by Gasteiger charge is -2.08. The average molecular weight is 403 g/mol. The quantitative estimate of drug-likeness (QED) is 0.724. The van der Waals surface area contributed by atoms with Crippen LogP contribution >= 0.6 is 23.4 Å². The molecule has 3 amide bonds. The molecule has 1 saturated heterocycles. The highest BCUT2D eigenvalue weighted by atomic mass is 35.5. The van der Waals surface area contributed by atoms with Gasteiger partial charge in [-0.3, -0.25) is 19.7 Å². The van der Waals surface area contributed by atoms with Crippen LogP contribution in [0.1, 0.15) is 11.1 Å². The van der Waals surface area contributed by atoms with Gasteiger partial charge in [0.2, 0.25) is 0 Å². The smallest absolute Gasteiger partial charge is 0.290 e. The number of carbonyl (C=O) groups excluding carboxylic acids is 3. The molecular formula is C19H15ClN2O4S. The first-order chi connectivity index (χ1) is 13.0. The Hall–Kier alpha value is -2.77. The zero-order valence-electron chi connectivity index (χ0n) is 14.0. The lowest BCUT2D eigenvalue weighted by atomic mass is 10.2. The molecule has 2 aromatic rings. The van der Waals surface area contributed by atoms with E-state index in [9.17, 15) is 14.4 Å². The fraction of sp³-hybridized carbons (Fsp3) is 0.105. The minimum atomic E-state index is -0.419. The third kappa shape index (κ3) is 5.60. The monoisotopic (exact) mass is 402 g/mol. The van der Waals surface area contributed by atoms with E-state index < -0.39 is 11.1 Å². The van der Waals surface area contributed by atoms with Gasteiger partial charge in [-0.25, -0.2) is 0 Å². The second kappa shape index (κ2) is 8.75. The molecule has 0 aliphatic carbocycles. The van der Waals surface area contributed by atoms with Gasteiger partial charge in [0.25, 0.3) is 17.1 Å². The summed E-state index contributed by atoms with van der Waals surface area (Å²) in [5.41, 5.74) is 1.63. The molecule has 3 rings (SSSR count). The van der Waals surface area contributed by atoms with E-state index in [1.54, 1.807) is 42.5 Å². The van der Waals surface area contributed by atoms with Crippen LogP contribution in [-0.2, 0) is 16.1 Å². The molecule has 27 heavy (non-hydrogen) atoms. The Kier molecular flexibility index (Phi) is 6.16. The Morgan fingerprint density at radius 2 is 1.96 bits per heavy atom. The fourth-order valence-corrected chi connectivity index (χ4v) is 3.08. The number of rotatable bonds is 6. The summed E-state index contributed by atoms with van der Waals surface area (Å²) < 4.78 is 5.49. The maximum Gasteiger partial charge on any atom is 0.290 e. The molecule has 1 aliphatic rings. The second-order valence-electron chi connectivity index (χ2n) is 5.62. The van der Waals surface area contributed by atoms with Crippen LogP contribution in [-0.4, -0.2) is 23.7 Å². The van der Waals surface area contributed by atoms with Gasteiger partial charge < -0.3 is 10.1 Å². The van der Waals surface area contributed by atoms with Gasteiger partial charge in [-0.1, -0.05) is 35.9 Å². The van der Waals surface area contributed by atoms with Crippen molar-refractivity contribution in [3.05, 3.63) is 69.6 Å². The first kappa shape index (κ1) is 19.0. The molecule has 138 valence electrons. The van der Waals surface area contributed by atoms with Gasteiger partial charge in [0.05, 0.1) is 4.91 Å². The summed E-state index contributed by atoms with van der Waals surface area (Å²) >= 11 is 6.67. The zero-order chi connectivity index (χ0) is 19.2. The number of hydrogen-bond donors (Lipinski definition) is 2. The number of benzene rings is 2. The van der Waals surface area contributed by atoms with Crippen LogP contribution in [0.5, 0.6) is 5.75 Å². The fourth-order valence-electron chi connectivity index (χ4n) is 2.27. The van der Waals surface area contributed by atoms with Gasteiger partial charge in [-0.15, -0.1) is 0 Å². The van der Waals surface area contributed by atoms with Gasteiger partial charge in [0.1, 0.15) is 5.75 Å². The van der Waals surface area contributed by atoms with E-state index in [-0.39, 0.29) is 12.5 Å². The third-order valence-corrected chi connectivity index (χ3v) is 4.63. The molecule has 0 saturated carbocycles. The van der Waals surface area contributed by atoms with Crippen LogP contribution < -0.4 is 15.4 Å². The molecule has 0 spiro atoms. The van der Waals surface area contributed by atoms with Gasteiger partial charge in [0, 0.05) is 11.6 Å². The van der Waals surface area contributed by atoms with Crippen LogP contribution in [0.3, 0.4) is 0 Å². The summed E-state index contributed by atoms with van der Waals surface area (Å²) in [6.45, 7) is 0.243. The Bertz CT molecular complexity index is 912. The third-order valence-electron chi connectivity index (χ3n) is 3.57. The summed E-state index contributed by atoms with van der Waals surface area (Å²) in [6.07, 6.45) is 1.60. The van der Waals surface area contributed by atoms with Crippen molar-refractivity contribution in [1.29, 1.82) is 0 Å². The minimum Gasteiger partial charge on any atom is -0.484 e. The SMILES string of the molecule is O=C(COc1cccc(/C=C2/SC(=O)NC2=O)c1)NCc1ccc(Cl)cc1. The summed E-state index contributed by atoms with van der Waals surface area (Å²) in [5.74, 6) is -0.191.